The number of aryl methyl sites for hydroxylation is 1. The van der Waals surface area contributed by atoms with Crippen LogP contribution in [0.4, 0.5) is 0 Å². The molecule has 3 rings (SSSR count). The van der Waals surface area contributed by atoms with Crippen molar-refractivity contribution in [1.82, 2.24) is 14.7 Å². The normalized spacial score (nSPS) is 22.7. The summed E-state index contributed by atoms with van der Waals surface area (Å²) in [6.07, 6.45) is 3.30. The molecule has 6 nitrogen and oxygen atoms in total. The van der Waals surface area contributed by atoms with Crippen LogP contribution >= 0.6 is 0 Å². The SMILES string of the molecule is CCN1CCN(C(=O)[C@@H]2CCCN(C(=O)c3ccoc3C)C2)CC1. The number of piperazine rings is 1. The zero-order valence-electron chi connectivity index (χ0n) is 14.7. The number of nitrogens with zero attached hydrogens (tertiary/aromatic N) is 3. The van der Waals surface area contributed by atoms with E-state index in [1.54, 1.807) is 19.3 Å². The van der Waals surface area contributed by atoms with Gasteiger partial charge in [-0.3, -0.25) is 9.59 Å². The van der Waals surface area contributed by atoms with Crippen molar-refractivity contribution in [2.45, 2.75) is 26.7 Å². The lowest BCUT2D eigenvalue weighted by molar-refractivity contribution is -0.138. The number of furan rings is 1. The Balaban J connectivity index is 1.60. The van der Waals surface area contributed by atoms with E-state index < -0.39 is 0 Å². The highest BCUT2D eigenvalue weighted by atomic mass is 16.3. The molecule has 0 spiro atoms. The van der Waals surface area contributed by atoms with E-state index in [0.29, 0.717) is 17.9 Å². The molecule has 0 unspecified atom stereocenters. The molecule has 0 aromatic carbocycles. The van der Waals surface area contributed by atoms with Gasteiger partial charge in [0.2, 0.25) is 5.91 Å². The third kappa shape index (κ3) is 3.48. The van der Waals surface area contributed by atoms with Gasteiger partial charge >= 0.3 is 0 Å². The summed E-state index contributed by atoms with van der Waals surface area (Å²) in [5, 5.41) is 0. The van der Waals surface area contributed by atoms with E-state index in [4.69, 9.17) is 4.42 Å². The maximum absolute atomic E-state index is 12.8. The van der Waals surface area contributed by atoms with Gasteiger partial charge in [0, 0.05) is 39.3 Å². The molecule has 3 heterocycles. The summed E-state index contributed by atoms with van der Waals surface area (Å²) in [4.78, 5) is 31.6. The quantitative estimate of drug-likeness (QED) is 0.843. The first kappa shape index (κ1) is 17.0. The number of hydrogen-bond donors (Lipinski definition) is 0. The van der Waals surface area contributed by atoms with Gasteiger partial charge in [0.15, 0.2) is 0 Å². The van der Waals surface area contributed by atoms with Crippen LogP contribution in [0.1, 0.15) is 35.9 Å². The zero-order valence-corrected chi connectivity index (χ0v) is 14.7. The van der Waals surface area contributed by atoms with E-state index in [0.717, 1.165) is 52.1 Å². The molecule has 2 amide bonds. The third-order valence-electron chi connectivity index (χ3n) is 5.28. The molecule has 2 aliphatic rings. The van der Waals surface area contributed by atoms with Gasteiger partial charge in [-0.15, -0.1) is 0 Å². The first-order chi connectivity index (χ1) is 11.6. The Morgan fingerprint density at radius 3 is 2.54 bits per heavy atom. The second-order valence-corrected chi connectivity index (χ2v) is 6.74. The average Bonchev–Trinajstić information content (AvgIpc) is 3.06. The van der Waals surface area contributed by atoms with Gasteiger partial charge in [-0.2, -0.15) is 0 Å². The average molecular weight is 333 g/mol. The summed E-state index contributed by atoms with van der Waals surface area (Å²) >= 11 is 0. The maximum Gasteiger partial charge on any atom is 0.257 e. The number of amides is 2. The van der Waals surface area contributed by atoms with Crippen LogP contribution in [0.3, 0.4) is 0 Å². The van der Waals surface area contributed by atoms with E-state index in [1.165, 1.54) is 0 Å². The van der Waals surface area contributed by atoms with Crippen LogP contribution in [-0.2, 0) is 4.79 Å². The minimum Gasteiger partial charge on any atom is -0.469 e. The predicted molar refractivity (Wildman–Crippen MR) is 90.8 cm³/mol. The number of carbonyl (C=O) groups is 2. The largest absolute Gasteiger partial charge is 0.469 e. The molecule has 132 valence electrons. The van der Waals surface area contributed by atoms with Gasteiger partial charge < -0.3 is 19.1 Å². The molecule has 6 heteroatoms. The molecule has 2 saturated heterocycles. The highest BCUT2D eigenvalue weighted by molar-refractivity contribution is 5.95. The lowest BCUT2D eigenvalue weighted by Crippen LogP contribution is -2.52. The molecule has 0 aliphatic carbocycles. The molecule has 1 aromatic heterocycles. The van der Waals surface area contributed by atoms with Gasteiger partial charge in [-0.25, -0.2) is 0 Å². The number of hydrogen-bond acceptors (Lipinski definition) is 4. The van der Waals surface area contributed by atoms with Crippen LogP contribution in [-0.4, -0.2) is 72.3 Å². The molecule has 2 aliphatic heterocycles. The second kappa shape index (κ2) is 7.38. The summed E-state index contributed by atoms with van der Waals surface area (Å²) in [5.74, 6) is 0.772. The standard InChI is InChI=1S/C18H27N3O3/c1-3-19-8-10-20(11-9-19)17(22)15-5-4-7-21(13-15)18(23)16-6-12-24-14(16)2/h6,12,15H,3-5,7-11,13H2,1-2H3/t15-/m1/s1. The molecule has 0 radical (unpaired) electrons. The van der Waals surface area contributed by atoms with E-state index >= 15 is 0 Å². The van der Waals surface area contributed by atoms with Crippen molar-refractivity contribution in [2.75, 3.05) is 45.8 Å². The molecule has 0 saturated carbocycles. The fourth-order valence-electron chi connectivity index (χ4n) is 3.68. The minimum absolute atomic E-state index is 0.0189. The summed E-state index contributed by atoms with van der Waals surface area (Å²) in [5.41, 5.74) is 0.611. The van der Waals surface area contributed by atoms with E-state index in [1.807, 2.05) is 9.80 Å². The van der Waals surface area contributed by atoms with Crippen molar-refractivity contribution in [3.8, 4) is 0 Å². The number of likely N-dealkylation sites (tertiary alicyclic amines) is 1. The Labute approximate surface area is 143 Å². The minimum atomic E-state index is -0.0666. The molecular weight excluding hydrogens is 306 g/mol. The molecule has 0 N–H and O–H groups in total. The first-order valence-electron chi connectivity index (χ1n) is 8.94. The molecule has 1 atom stereocenters. The van der Waals surface area contributed by atoms with Crippen LogP contribution in [0.15, 0.2) is 16.7 Å². The van der Waals surface area contributed by atoms with Crippen LogP contribution in [0.2, 0.25) is 0 Å². The Kier molecular flexibility index (Phi) is 5.23. The third-order valence-corrected chi connectivity index (χ3v) is 5.28. The lowest BCUT2D eigenvalue weighted by atomic mass is 9.95. The Morgan fingerprint density at radius 2 is 1.92 bits per heavy atom. The Bertz CT molecular complexity index is 590. The first-order valence-corrected chi connectivity index (χ1v) is 8.94. The monoisotopic (exact) mass is 333 g/mol. The summed E-state index contributed by atoms with van der Waals surface area (Å²) < 4.78 is 5.24. The molecule has 0 bridgehead atoms. The second-order valence-electron chi connectivity index (χ2n) is 6.74. The van der Waals surface area contributed by atoms with Crippen molar-refractivity contribution in [1.29, 1.82) is 0 Å². The highest BCUT2D eigenvalue weighted by Gasteiger charge is 2.33. The van der Waals surface area contributed by atoms with Crippen molar-refractivity contribution < 1.29 is 14.0 Å². The van der Waals surface area contributed by atoms with Gasteiger partial charge in [0.05, 0.1) is 17.7 Å². The van der Waals surface area contributed by atoms with E-state index in [9.17, 15) is 9.59 Å². The van der Waals surface area contributed by atoms with Crippen molar-refractivity contribution in [3.05, 3.63) is 23.7 Å². The van der Waals surface area contributed by atoms with Gasteiger partial charge in [-0.1, -0.05) is 6.92 Å². The van der Waals surface area contributed by atoms with Crippen LogP contribution in [0.5, 0.6) is 0 Å². The van der Waals surface area contributed by atoms with Crippen molar-refractivity contribution in [2.24, 2.45) is 5.92 Å². The predicted octanol–water partition coefficient (Wildman–Crippen LogP) is 1.60. The van der Waals surface area contributed by atoms with Crippen molar-refractivity contribution >= 4 is 11.8 Å². The zero-order chi connectivity index (χ0) is 17.1. The van der Waals surface area contributed by atoms with Crippen molar-refractivity contribution in [3.63, 3.8) is 0 Å². The summed E-state index contributed by atoms with van der Waals surface area (Å²) in [7, 11) is 0. The molecular formula is C18H27N3O3. The van der Waals surface area contributed by atoms with Gasteiger partial charge in [-0.05, 0) is 32.4 Å². The Hall–Kier alpha value is -1.82. The number of rotatable bonds is 3. The maximum atomic E-state index is 12.8. The van der Waals surface area contributed by atoms with E-state index in [2.05, 4.69) is 11.8 Å². The summed E-state index contributed by atoms with van der Waals surface area (Å²) in [6.45, 7) is 9.74. The van der Waals surface area contributed by atoms with E-state index in [-0.39, 0.29) is 17.7 Å². The van der Waals surface area contributed by atoms with Crippen LogP contribution in [0, 0.1) is 12.8 Å². The molecule has 24 heavy (non-hydrogen) atoms. The summed E-state index contributed by atoms with van der Waals surface area (Å²) in [6, 6.07) is 1.72. The molecule has 1 aromatic rings. The number of piperidine rings is 1. The number of carbonyl (C=O) groups excluding carboxylic acids is 2. The van der Waals surface area contributed by atoms with Gasteiger partial charge in [0.25, 0.3) is 5.91 Å². The fraction of sp³-hybridized carbons (Fsp3) is 0.667. The lowest BCUT2D eigenvalue weighted by Gasteiger charge is -2.38. The highest BCUT2D eigenvalue weighted by Crippen LogP contribution is 2.22. The Morgan fingerprint density at radius 1 is 1.17 bits per heavy atom. The topological polar surface area (TPSA) is 57.0 Å². The molecule has 2 fully saturated rings. The van der Waals surface area contributed by atoms with Crippen LogP contribution < -0.4 is 0 Å². The number of likely N-dealkylation sites (N-methyl/N-ethyl adjacent to an activating group) is 1. The van der Waals surface area contributed by atoms with Gasteiger partial charge in [0.1, 0.15) is 5.76 Å². The van der Waals surface area contributed by atoms with Crippen LogP contribution in [0.25, 0.3) is 0 Å². The smallest absolute Gasteiger partial charge is 0.257 e. The fourth-order valence-corrected chi connectivity index (χ4v) is 3.68.